The molecule has 0 aliphatic carbocycles. The van der Waals surface area contributed by atoms with E-state index in [-0.39, 0.29) is 0 Å². The van der Waals surface area contributed by atoms with Crippen molar-refractivity contribution in [2.75, 3.05) is 20.1 Å². The maximum Gasteiger partial charge on any atom is 0.190 e. The average Bonchev–Trinajstić information content (AvgIpc) is 3.32. The second-order valence-corrected chi connectivity index (χ2v) is 7.39. The molecule has 4 rings (SSSR count). The lowest BCUT2D eigenvalue weighted by Crippen LogP contribution is -2.39. The molecule has 29 heavy (non-hydrogen) atoms. The van der Waals surface area contributed by atoms with E-state index in [0.717, 1.165) is 43.2 Å². The number of nitrogens with one attached hydrogen (secondary N) is 3. The Labute approximate surface area is 171 Å². The Balaban J connectivity index is 1.29. The molecular formula is C23H28N6. The Morgan fingerprint density at radius 2 is 1.86 bits per heavy atom. The standard InChI is InChI=1S/C23H28N6/c1-16-6-4-8-20-21(16)18(14-27-20)9-11-25-23(24-3)26-12-10-19-15-29-13-5-7-17(2)22(29)28-19/h4-8,13-15,27H,9-12H2,1-3H3,(H2,24,25,26). The molecule has 0 bridgehead atoms. The molecule has 0 aliphatic rings. The van der Waals surface area contributed by atoms with E-state index in [9.17, 15) is 0 Å². The third-order valence-electron chi connectivity index (χ3n) is 5.31. The van der Waals surface area contributed by atoms with Crippen molar-refractivity contribution in [2.45, 2.75) is 26.7 Å². The fourth-order valence-corrected chi connectivity index (χ4v) is 3.82. The molecule has 0 radical (unpaired) electrons. The Morgan fingerprint density at radius 1 is 1.07 bits per heavy atom. The zero-order chi connectivity index (χ0) is 20.2. The van der Waals surface area contributed by atoms with Crippen LogP contribution in [0.5, 0.6) is 0 Å². The molecule has 3 aromatic heterocycles. The monoisotopic (exact) mass is 388 g/mol. The van der Waals surface area contributed by atoms with Crippen LogP contribution in [0.4, 0.5) is 0 Å². The number of fused-ring (bicyclic) bond motifs is 2. The molecule has 6 nitrogen and oxygen atoms in total. The predicted octanol–water partition coefficient (Wildman–Crippen LogP) is 3.38. The maximum absolute atomic E-state index is 4.73. The number of aromatic amines is 1. The van der Waals surface area contributed by atoms with Gasteiger partial charge in [-0.05, 0) is 49.1 Å². The molecule has 0 unspecified atom stereocenters. The van der Waals surface area contributed by atoms with Crippen molar-refractivity contribution in [2.24, 2.45) is 4.99 Å². The lowest BCUT2D eigenvalue weighted by Gasteiger charge is -2.11. The molecule has 0 saturated heterocycles. The van der Waals surface area contributed by atoms with Crippen molar-refractivity contribution in [1.82, 2.24) is 25.0 Å². The van der Waals surface area contributed by atoms with Gasteiger partial charge >= 0.3 is 0 Å². The second-order valence-electron chi connectivity index (χ2n) is 7.39. The van der Waals surface area contributed by atoms with E-state index in [1.54, 1.807) is 7.05 Å². The van der Waals surface area contributed by atoms with Crippen LogP contribution in [0.2, 0.25) is 0 Å². The number of benzene rings is 1. The molecule has 3 heterocycles. The molecule has 6 heteroatoms. The van der Waals surface area contributed by atoms with Gasteiger partial charge in [-0.1, -0.05) is 18.2 Å². The number of hydrogen-bond acceptors (Lipinski definition) is 2. The third-order valence-corrected chi connectivity index (χ3v) is 5.31. The quantitative estimate of drug-likeness (QED) is 0.350. The highest BCUT2D eigenvalue weighted by Gasteiger charge is 2.07. The molecule has 0 atom stereocenters. The van der Waals surface area contributed by atoms with Crippen LogP contribution in [0.25, 0.3) is 16.6 Å². The summed E-state index contributed by atoms with van der Waals surface area (Å²) in [6.07, 6.45) is 8.04. The van der Waals surface area contributed by atoms with E-state index < -0.39 is 0 Å². The first kappa shape index (κ1) is 19.1. The van der Waals surface area contributed by atoms with Gasteiger partial charge in [-0.2, -0.15) is 0 Å². The first-order valence-electron chi connectivity index (χ1n) is 10.1. The van der Waals surface area contributed by atoms with Crippen molar-refractivity contribution in [3.63, 3.8) is 0 Å². The topological polar surface area (TPSA) is 69.5 Å². The molecule has 150 valence electrons. The lowest BCUT2D eigenvalue weighted by molar-refractivity contribution is 0.779. The van der Waals surface area contributed by atoms with E-state index >= 15 is 0 Å². The minimum absolute atomic E-state index is 0.787. The van der Waals surface area contributed by atoms with Gasteiger partial charge in [0.25, 0.3) is 0 Å². The number of rotatable bonds is 6. The van der Waals surface area contributed by atoms with Gasteiger partial charge in [-0.25, -0.2) is 4.98 Å². The second kappa shape index (κ2) is 8.39. The zero-order valence-corrected chi connectivity index (χ0v) is 17.3. The highest BCUT2D eigenvalue weighted by atomic mass is 15.2. The first-order chi connectivity index (χ1) is 14.2. The van der Waals surface area contributed by atoms with Gasteiger partial charge in [0.2, 0.25) is 0 Å². The largest absolute Gasteiger partial charge is 0.361 e. The van der Waals surface area contributed by atoms with Gasteiger partial charge in [0.1, 0.15) is 5.65 Å². The number of nitrogens with zero attached hydrogens (tertiary/aromatic N) is 3. The van der Waals surface area contributed by atoms with Crippen LogP contribution >= 0.6 is 0 Å². The number of imidazole rings is 1. The van der Waals surface area contributed by atoms with Crippen molar-refractivity contribution in [3.8, 4) is 0 Å². The summed E-state index contributed by atoms with van der Waals surface area (Å²) in [6, 6.07) is 10.5. The van der Waals surface area contributed by atoms with Gasteiger partial charge in [0.05, 0.1) is 5.69 Å². The van der Waals surface area contributed by atoms with Gasteiger partial charge in [0.15, 0.2) is 5.96 Å². The van der Waals surface area contributed by atoms with Gasteiger partial charge in [0, 0.05) is 56.1 Å². The van der Waals surface area contributed by atoms with E-state index in [1.807, 2.05) is 12.3 Å². The van der Waals surface area contributed by atoms with E-state index in [4.69, 9.17) is 4.98 Å². The van der Waals surface area contributed by atoms with Crippen LogP contribution in [0, 0.1) is 13.8 Å². The number of aryl methyl sites for hydroxylation is 2. The first-order valence-corrected chi connectivity index (χ1v) is 10.1. The van der Waals surface area contributed by atoms with Crippen molar-refractivity contribution >= 4 is 22.5 Å². The van der Waals surface area contributed by atoms with Crippen molar-refractivity contribution in [1.29, 1.82) is 0 Å². The summed E-state index contributed by atoms with van der Waals surface area (Å²) in [5, 5.41) is 8.13. The molecule has 3 N–H and O–H groups in total. The van der Waals surface area contributed by atoms with E-state index in [2.05, 4.69) is 75.5 Å². The van der Waals surface area contributed by atoms with Crippen LogP contribution in [-0.2, 0) is 12.8 Å². The molecule has 1 aromatic carbocycles. The average molecular weight is 389 g/mol. The smallest absolute Gasteiger partial charge is 0.190 e. The van der Waals surface area contributed by atoms with Gasteiger partial charge in [-0.3, -0.25) is 4.99 Å². The van der Waals surface area contributed by atoms with Crippen LogP contribution in [0.1, 0.15) is 22.4 Å². The summed E-state index contributed by atoms with van der Waals surface area (Å²) in [6.45, 7) is 5.86. The van der Waals surface area contributed by atoms with E-state index in [1.165, 1.54) is 27.6 Å². The summed E-state index contributed by atoms with van der Waals surface area (Å²) in [7, 11) is 1.81. The molecule has 0 aliphatic heterocycles. The SMILES string of the molecule is CN=C(NCCc1cn2cccc(C)c2n1)NCCc1c[nH]c2cccc(C)c12. The van der Waals surface area contributed by atoms with Gasteiger partial charge < -0.3 is 20.0 Å². The normalized spacial score (nSPS) is 12.0. The van der Waals surface area contributed by atoms with Crippen LogP contribution in [0.3, 0.4) is 0 Å². The fraction of sp³-hybridized carbons (Fsp3) is 0.304. The zero-order valence-electron chi connectivity index (χ0n) is 17.3. The van der Waals surface area contributed by atoms with Crippen molar-refractivity contribution < 1.29 is 0 Å². The Bertz CT molecular complexity index is 1150. The molecule has 0 amide bonds. The number of aliphatic imine (C=N–C) groups is 1. The highest BCUT2D eigenvalue weighted by Crippen LogP contribution is 2.22. The number of H-pyrrole nitrogens is 1. The van der Waals surface area contributed by atoms with Crippen LogP contribution in [-0.4, -0.2) is 40.5 Å². The number of hydrogen-bond donors (Lipinski definition) is 3. The summed E-state index contributed by atoms with van der Waals surface area (Å²) in [4.78, 5) is 12.4. The Hall–Kier alpha value is -3.28. The molecule has 4 aromatic rings. The predicted molar refractivity (Wildman–Crippen MR) is 120 cm³/mol. The minimum Gasteiger partial charge on any atom is -0.361 e. The highest BCUT2D eigenvalue weighted by molar-refractivity contribution is 5.86. The molecular weight excluding hydrogens is 360 g/mol. The molecule has 0 saturated carbocycles. The summed E-state index contributed by atoms with van der Waals surface area (Å²) >= 11 is 0. The fourth-order valence-electron chi connectivity index (χ4n) is 3.82. The molecule has 0 fully saturated rings. The number of guanidine groups is 1. The van der Waals surface area contributed by atoms with Crippen LogP contribution in [0.15, 0.2) is 53.9 Å². The Kier molecular flexibility index (Phi) is 5.51. The van der Waals surface area contributed by atoms with E-state index in [0.29, 0.717) is 0 Å². The summed E-state index contributed by atoms with van der Waals surface area (Å²) in [5.74, 6) is 0.821. The van der Waals surface area contributed by atoms with Crippen LogP contribution < -0.4 is 10.6 Å². The van der Waals surface area contributed by atoms with Gasteiger partial charge in [-0.15, -0.1) is 0 Å². The summed E-state index contributed by atoms with van der Waals surface area (Å²) in [5.41, 5.74) is 7.14. The van der Waals surface area contributed by atoms with Crippen molar-refractivity contribution in [3.05, 3.63) is 71.3 Å². The number of pyridine rings is 1. The molecule has 0 spiro atoms. The number of aromatic nitrogens is 3. The lowest BCUT2D eigenvalue weighted by atomic mass is 10.1. The maximum atomic E-state index is 4.73. The Morgan fingerprint density at radius 3 is 2.66 bits per heavy atom. The summed E-state index contributed by atoms with van der Waals surface area (Å²) < 4.78 is 2.08. The third kappa shape index (κ3) is 4.11. The minimum atomic E-state index is 0.787.